The van der Waals surface area contributed by atoms with E-state index in [0.717, 1.165) is 10.8 Å². The average molecular weight is 293 g/mol. The fourth-order valence-corrected chi connectivity index (χ4v) is 2.48. The molecule has 0 aromatic heterocycles. The maximum atomic E-state index is 11.9. The Labute approximate surface area is 117 Å². The lowest BCUT2D eigenvalue weighted by atomic mass is 10.1. The molecule has 0 bridgehead atoms. The molecule has 0 saturated carbocycles. The second kappa shape index (κ2) is 5.13. The molecular formula is C14H15NO4S. The third-order valence-corrected chi connectivity index (χ3v) is 4.73. The van der Waals surface area contributed by atoms with E-state index in [1.807, 2.05) is 6.07 Å². The maximum absolute atomic E-state index is 11.9. The number of hydrogen-bond acceptors (Lipinski definition) is 3. The van der Waals surface area contributed by atoms with Crippen LogP contribution in [-0.2, 0) is 10.0 Å². The molecule has 2 aromatic rings. The fraction of sp³-hybridized carbons (Fsp3) is 0.214. The van der Waals surface area contributed by atoms with E-state index in [4.69, 9.17) is 0 Å². The molecule has 0 unspecified atom stereocenters. The molecule has 2 rings (SSSR count). The Balaban J connectivity index is 2.61. The monoisotopic (exact) mass is 293 g/mol. The SMILES string of the molecule is CC(C)S(=O)(=O)Nc1cc2ccccc2cc1C(=O)O. The molecule has 106 valence electrons. The largest absolute Gasteiger partial charge is 0.478 e. The highest BCUT2D eigenvalue weighted by atomic mass is 32.2. The summed E-state index contributed by atoms with van der Waals surface area (Å²) in [5.41, 5.74) is 0.0258. The number of carbonyl (C=O) groups is 1. The minimum Gasteiger partial charge on any atom is -0.478 e. The van der Waals surface area contributed by atoms with Crippen molar-refractivity contribution in [2.45, 2.75) is 19.1 Å². The van der Waals surface area contributed by atoms with Crippen LogP contribution in [0.5, 0.6) is 0 Å². The maximum Gasteiger partial charge on any atom is 0.337 e. The number of aromatic carboxylic acids is 1. The van der Waals surface area contributed by atoms with Gasteiger partial charge in [0.2, 0.25) is 10.0 Å². The van der Waals surface area contributed by atoms with Gasteiger partial charge in [-0.25, -0.2) is 13.2 Å². The third-order valence-electron chi connectivity index (χ3n) is 2.99. The van der Waals surface area contributed by atoms with Crippen molar-refractivity contribution in [3.63, 3.8) is 0 Å². The molecule has 20 heavy (non-hydrogen) atoms. The number of fused-ring (bicyclic) bond motifs is 1. The summed E-state index contributed by atoms with van der Waals surface area (Å²) in [7, 11) is -3.59. The Morgan fingerprint density at radius 3 is 2.20 bits per heavy atom. The van der Waals surface area contributed by atoms with Crippen LogP contribution >= 0.6 is 0 Å². The molecular weight excluding hydrogens is 278 g/mol. The molecule has 0 fully saturated rings. The number of benzene rings is 2. The zero-order valence-corrected chi connectivity index (χ0v) is 11.9. The zero-order chi connectivity index (χ0) is 14.9. The van der Waals surface area contributed by atoms with Gasteiger partial charge in [0, 0.05) is 0 Å². The van der Waals surface area contributed by atoms with E-state index < -0.39 is 21.2 Å². The molecule has 0 radical (unpaired) electrons. The second-order valence-electron chi connectivity index (χ2n) is 4.75. The number of nitrogens with one attached hydrogen (secondary N) is 1. The predicted molar refractivity (Wildman–Crippen MR) is 78.6 cm³/mol. The van der Waals surface area contributed by atoms with Gasteiger partial charge in [-0.15, -0.1) is 0 Å². The minimum absolute atomic E-state index is 0.0621. The second-order valence-corrected chi connectivity index (χ2v) is 6.98. The first-order valence-corrected chi connectivity index (χ1v) is 7.63. The molecule has 0 spiro atoms. The summed E-state index contributed by atoms with van der Waals surface area (Å²) in [5.74, 6) is -1.17. The van der Waals surface area contributed by atoms with E-state index in [9.17, 15) is 18.3 Å². The lowest BCUT2D eigenvalue weighted by Gasteiger charge is -2.14. The molecule has 2 aromatic carbocycles. The fourth-order valence-electron chi connectivity index (χ4n) is 1.77. The van der Waals surface area contributed by atoms with Crippen LogP contribution in [0.4, 0.5) is 5.69 Å². The highest BCUT2D eigenvalue weighted by molar-refractivity contribution is 7.93. The van der Waals surface area contributed by atoms with Crippen LogP contribution in [0.1, 0.15) is 24.2 Å². The highest BCUT2D eigenvalue weighted by Crippen LogP contribution is 2.25. The van der Waals surface area contributed by atoms with E-state index in [1.165, 1.54) is 19.9 Å². The van der Waals surface area contributed by atoms with Gasteiger partial charge in [-0.2, -0.15) is 0 Å². The van der Waals surface area contributed by atoms with E-state index in [0.29, 0.717) is 0 Å². The van der Waals surface area contributed by atoms with Gasteiger partial charge < -0.3 is 5.11 Å². The van der Waals surface area contributed by atoms with Crippen molar-refractivity contribution in [3.05, 3.63) is 42.0 Å². The van der Waals surface area contributed by atoms with E-state index in [-0.39, 0.29) is 11.3 Å². The highest BCUT2D eigenvalue weighted by Gasteiger charge is 2.20. The van der Waals surface area contributed by atoms with Crippen molar-refractivity contribution in [3.8, 4) is 0 Å². The first-order chi connectivity index (χ1) is 9.31. The number of carboxylic acids is 1. The van der Waals surface area contributed by atoms with Gasteiger partial charge in [-0.3, -0.25) is 4.72 Å². The average Bonchev–Trinajstić information content (AvgIpc) is 2.37. The van der Waals surface area contributed by atoms with Crippen molar-refractivity contribution in [2.75, 3.05) is 4.72 Å². The smallest absolute Gasteiger partial charge is 0.337 e. The van der Waals surface area contributed by atoms with Crippen LogP contribution in [-0.4, -0.2) is 24.7 Å². The van der Waals surface area contributed by atoms with Crippen molar-refractivity contribution in [2.24, 2.45) is 0 Å². The predicted octanol–water partition coefficient (Wildman–Crippen LogP) is 2.69. The molecule has 0 heterocycles. The van der Waals surface area contributed by atoms with Crippen molar-refractivity contribution in [1.29, 1.82) is 0 Å². The van der Waals surface area contributed by atoms with Gasteiger partial charge in [0.15, 0.2) is 0 Å². The number of rotatable bonds is 4. The standard InChI is InChI=1S/C14H15NO4S/c1-9(2)20(18,19)15-13-8-11-6-4-3-5-10(11)7-12(13)14(16)17/h3-9,15H,1-2H3,(H,16,17). The molecule has 0 atom stereocenters. The van der Waals surface area contributed by atoms with E-state index in [1.54, 1.807) is 24.3 Å². The quantitative estimate of drug-likeness (QED) is 0.907. The van der Waals surface area contributed by atoms with Crippen LogP contribution in [0.25, 0.3) is 10.8 Å². The number of hydrogen-bond donors (Lipinski definition) is 2. The Kier molecular flexibility index (Phi) is 3.67. The van der Waals surface area contributed by atoms with Gasteiger partial charge >= 0.3 is 5.97 Å². The van der Waals surface area contributed by atoms with Crippen LogP contribution in [0.15, 0.2) is 36.4 Å². The molecule has 0 amide bonds. The number of sulfonamides is 1. The summed E-state index contributed by atoms with van der Waals surface area (Å²) < 4.78 is 26.2. The summed E-state index contributed by atoms with van der Waals surface area (Å²) >= 11 is 0. The Bertz CT molecular complexity index is 766. The summed E-state index contributed by atoms with van der Waals surface area (Å²) in [5, 5.41) is 10.1. The van der Waals surface area contributed by atoms with Gasteiger partial charge in [0.1, 0.15) is 0 Å². The van der Waals surface area contributed by atoms with E-state index >= 15 is 0 Å². The normalized spacial score (nSPS) is 11.8. The van der Waals surface area contributed by atoms with E-state index in [2.05, 4.69) is 4.72 Å². The van der Waals surface area contributed by atoms with Crippen LogP contribution in [0, 0.1) is 0 Å². The summed E-state index contributed by atoms with van der Waals surface area (Å²) in [4.78, 5) is 11.3. The third kappa shape index (κ3) is 2.75. The van der Waals surface area contributed by atoms with Gasteiger partial charge in [0.25, 0.3) is 0 Å². The van der Waals surface area contributed by atoms with Gasteiger partial charge in [0.05, 0.1) is 16.5 Å². The van der Waals surface area contributed by atoms with Crippen molar-refractivity contribution in [1.82, 2.24) is 0 Å². The Morgan fingerprint density at radius 1 is 1.15 bits per heavy atom. The van der Waals surface area contributed by atoms with Crippen LogP contribution in [0.2, 0.25) is 0 Å². The number of anilines is 1. The molecule has 0 aliphatic rings. The lowest BCUT2D eigenvalue weighted by molar-refractivity contribution is 0.0698. The topological polar surface area (TPSA) is 83.5 Å². The van der Waals surface area contributed by atoms with Gasteiger partial charge in [-0.05, 0) is 36.8 Å². The zero-order valence-electron chi connectivity index (χ0n) is 11.1. The molecule has 2 N–H and O–H groups in total. The Hall–Kier alpha value is -2.08. The van der Waals surface area contributed by atoms with Crippen molar-refractivity contribution < 1.29 is 18.3 Å². The lowest BCUT2D eigenvalue weighted by Crippen LogP contribution is -2.23. The molecule has 5 nitrogen and oxygen atoms in total. The number of carboxylic acid groups (broad SMARTS) is 1. The Morgan fingerprint density at radius 2 is 1.70 bits per heavy atom. The summed E-state index contributed by atoms with van der Waals surface area (Å²) in [6.07, 6.45) is 0. The molecule has 0 aliphatic heterocycles. The molecule has 0 saturated heterocycles. The van der Waals surface area contributed by atoms with Crippen LogP contribution < -0.4 is 4.72 Å². The first-order valence-electron chi connectivity index (χ1n) is 6.09. The minimum atomic E-state index is -3.59. The first kappa shape index (κ1) is 14.3. The molecule has 0 aliphatic carbocycles. The van der Waals surface area contributed by atoms with Crippen molar-refractivity contribution >= 4 is 32.5 Å². The summed E-state index contributed by atoms with van der Waals surface area (Å²) in [6.45, 7) is 3.06. The summed E-state index contributed by atoms with van der Waals surface area (Å²) in [6, 6.07) is 10.2. The van der Waals surface area contributed by atoms with Crippen LogP contribution in [0.3, 0.4) is 0 Å². The molecule has 6 heteroatoms. The van der Waals surface area contributed by atoms with Gasteiger partial charge in [-0.1, -0.05) is 24.3 Å².